The summed E-state index contributed by atoms with van der Waals surface area (Å²) in [4.78, 5) is 0. The summed E-state index contributed by atoms with van der Waals surface area (Å²) in [6.45, 7) is 2.07. The van der Waals surface area contributed by atoms with Gasteiger partial charge in [-0.25, -0.2) is 0 Å². The third-order valence-electron chi connectivity index (χ3n) is 4.96. The van der Waals surface area contributed by atoms with E-state index in [2.05, 4.69) is 5.32 Å². The van der Waals surface area contributed by atoms with Gasteiger partial charge in [0.1, 0.15) is 0 Å². The van der Waals surface area contributed by atoms with Crippen LogP contribution in [0.25, 0.3) is 0 Å². The summed E-state index contributed by atoms with van der Waals surface area (Å²) >= 11 is 0. The first-order valence-corrected chi connectivity index (χ1v) is 8.35. The number of hydrogen-bond donors (Lipinski definition) is 3. The van der Waals surface area contributed by atoms with Crippen molar-refractivity contribution in [2.45, 2.75) is 70.0 Å². The normalized spacial score (nSPS) is 24.9. The number of rotatable bonds is 8. The fourth-order valence-electron chi connectivity index (χ4n) is 3.56. The molecule has 4 heteroatoms. The molecule has 1 atom stereocenters. The van der Waals surface area contributed by atoms with Crippen molar-refractivity contribution in [1.82, 2.24) is 5.32 Å². The summed E-state index contributed by atoms with van der Waals surface area (Å²) in [5, 5.41) is 22.8. The molecule has 0 bridgehead atoms. The fourth-order valence-corrected chi connectivity index (χ4v) is 3.56. The number of hydrogen-bond acceptors (Lipinski definition) is 4. The predicted molar refractivity (Wildman–Crippen MR) is 79.7 cm³/mol. The molecule has 2 fully saturated rings. The van der Waals surface area contributed by atoms with Crippen LogP contribution in [0.5, 0.6) is 0 Å². The maximum atomic E-state index is 9.96. The molecule has 0 aliphatic heterocycles. The first kappa shape index (κ1) is 16.2. The second kappa shape index (κ2) is 8.32. The second-order valence-corrected chi connectivity index (χ2v) is 6.74. The third kappa shape index (κ3) is 4.99. The van der Waals surface area contributed by atoms with E-state index < -0.39 is 6.10 Å². The lowest BCUT2D eigenvalue weighted by molar-refractivity contribution is -0.0238. The van der Waals surface area contributed by atoms with Gasteiger partial charge in [-0.05, 0) is 25.7 Å². The highest BCUT2D eigenvalue weighted by atomic mass is 16.5. The minimum absolute atomic E-state index is 0.0595. The van der Waals surface area contributed by atoms with Crippen LogP contribution in [-0.4, -0.2) is 48.7 Å². The summed E-state index contributed by atoms with van der Waals surface area (Å²) in [5.74, 6) is 0. The maximum Gasteiger partial charge on any atom is 0.0897 e. The van der Waals surface area contributed by atoms with Crippen LogP contribution in [0, 0.1) is 5.41 Å². The van der Waals surface area contributed by atoms with Gasteiger partial charge in [0.2, 0.25) is 0 Å². The third-order valence-corrected chi connectivity index (χ3v) is 4.96. The van der Waals surface area contributed by atoms with E-state index in [1.807, 2.05) is 0 Å². The van der Waals surface area contributed by atoms with E-state index in [1.165, 1.54) is 32.1 Å². The number of nitrogens with one attached hydrogen (secondary N) is 1. The van der Waals surface area contributed by atoms with Crippen molar-refractivity contribution in [2.24, 2.45) is 5.41 Å². The molecule has 0 aromatic heterocycles. The van der Waals surface area contributed by atoms with E-state index in [1.54, 1.807) is 0 Å². The van der Waals surface area contributed by atoms with Gasteiger partial charge in [-0.3, -0.25) is 0 Å². The standard InChI is InChI=1S/C16H31NO3/c18-13-16(8-4-5-9-16)12-17-10-14(19)11-20-15-6-2-1-3-7-15/h14-15,17-19H,1-13H2. The minimum Gasteiger partial charge on any atom is -0.396 e. The van der Waals surface area contributed by atoms with E-state index in [0.29, 0.717) is 19.3 Å². The topological polar surface area (TPSA) is 61.7 Å². The minimum atomic E-state index is -0.436. The molecule has 2 rings (SSSR count). The lowest BCUT2D eigenvalue weighted by Gasteiger charge is -2.28. The molecule has 0 spiro atoms. The molecule has 0 amide bonds. The van der Waals surface area contributed by atoms with Gasteiger partial charge in [0.15, 0.2) is 0 Å². The van der Waals surface area contributed by atoms with Gasteiger partial charge < -0.3 is 20.3 Å². The number of aliphatic hydroxyl groups is 2. The number of ether oxygens (including phenoxy) is 1. The average Bonchev–Trinajstić information content (AvgIpc) is 2.96. The SMILES string of the molecule is OCC1(CNCC(O)COC2CCCCC2)CCCC1. The van der Waals surface area contributed by atoms with Gasteiger partial charge in [-0.15, -0.1) is 0 Å². The Balaban J connectivity index is 1.56. The second-order valence-electron chi connectivity index (χ2n) is 6.74. The lowest BCUT2D eigenvalue weighted by Crippen LogP contribution is -2.40. The van der Waals surface area contributed by atoms with Crippen molar-refractivity contribution in [3.05, 3.63) is 0 Å². The Labute approximate surface area is 122 Å². The molecule has 2 aliphatic rings. The Bertz CT molecular complexity index is 260. The summed E-state index contributed by atoms with van der Waals surface area (Å²) in [6.07, 6.45) is 10.7. The highest BCUT2D eigenvalue weighted by molar-refractivity contribution is 4.86. The Hall–Kier alpha value is -0.160. The molecule has 0 aromatic rings. The molecule has 118 valence electrons. The molecule has 3 N–H and O–H groups in total. The van der Waals surface area contributed by atoms with Crippen LogP contribution in [0.2, 0.25) is 0 Å². The Morgan fingerprint density at radius 3 is 2.45 bits per heavy atom. The van der Waals surface area contributed by atoms with Crippen LogP contribution in [0.1, 0.15) is 57.8 Å². The van der Waals surface area contributed by atoms with Crippen LogP contribution in [0.4, 0.5) is 0 Å². The first-order chi connectivity index (χ1) is 9.74. The fraction of sp³-hybridized carbons (Fsp3) is 1.00. The van der Waals surface area contributed by atoms with E-state index in [9.17, 15) is 10.2 Å². The van der Waals surface area contributed by atoms with E-state index in [-0.39, 0.29) is 12.0 Å². The lowest BCUT2D eigenvalue weighted by atomic mass is 9.87. The highest BCUT2D eigenvalue weighted by Crippen LogP contribution is 2.36. The molecule has 0 radical (unpaired) electrons. The first-order valence-electron chi connectivity index (χ1n) is 8.35. The van der Waals surface area contributed by atoms with Gasteiger partial charge in [-0.1, -0.05) is 32.1 Å². The molecular formula is C16H31NO3. The largest absolute Gasteiger partial charge is 0.396 e. The van der Waals surface area contributed by atoms with Crippen molar-refractivity contribution >= 4 is 0 Å². The van der Waals surface area contributed by atoms with Crippen LogP contribution in [0.15, 0.2) is 0 Å². The van der Waals surface area contributed by atoms with Crippen molar-refractivity contribution in [2.75, 3.05) is 26.3 Å². The zero-order valence-corrected chi connectivity index (χ0v) is 12.6. The van der Waals surface area contributed by atoms with Gasteiger partial charge >= 0.3 is 0 Å². The molecule has 0 heterocycles. The molecule has 4 nitrogen and oxygen atoms in total. The quantitative estimate of drug-likeness (QED) is 0.637. The molecule has 20 heavy (non-hydrogen) atoms. The zero-order valence-electron chi connectivity index (χ0n) is 12.6. The zero-order chi connectivity index (χ0) is 14.3. The van der Waals surface area contributed by atoms with E-state index in [0.717, 1.165) is 32.2 Å². The summed E-state index contributed by atoms with van der Waals surface area (Å²) in [6, 6.07) is 0. The van der Waals surface area contributed by atoms with Crippen LogP contribution in [-0.2, 0) is 4.74 Å². The van der Waals surface area contributed by atoms with Crippen LogP contribution < -0.4 is 5.32 Å². The molecule has 2 saturated carbocycles. The molecule has 0 saturated heterocycles. The van der Waals surface area contributed by atoms with Crippen molar-refractivity contribution in [3.63, 3.8) is 0 Å². The van der Waals surface area contributed by atoms with Gasteiger partial charge in [0.05, 0.1) is 18.8 Å². The predicted octanol–water partition coefficient (Wildman–Crippen LogP) is 1.84. The van der Waals surface area contributed by atoms with Gasteiger partial charge in [0.25, 0.3) is 0 Å². The van der Waals surface area contributed by atoms with Gasteiger partial charge in [-0.2, -0.15) is 0 Å². The smallest absolute Gasteiger partial charge is 0.0897 e. The van der Waals surface area contributed by atoms with Crippen molar-refractivity contribution in [1.29, 1.82) is 0 Å². The molecule has 1 unspecified atom stereocenters. The number of aliphatic hydroxyl groups excluding tert-OH is 2. The maximum absolute atomic E-state index is 9.96. The summed E-state index contributed by atoms with van der Waals surface area (Å²) in [5.41, 5.74) is 0.0595. The van der Waals surface area contributed by atoms with Gasteiger partial charge in [0, 0.05) is 25.1 Å². The monoisotopic (exact) mass is 285 g/mol. The molecule has 0 aromatic carbocycles. The van der Waals surface area contributed by atoms with Crippen molar-refractivity contribution < 1.29 is 14.9 Å². The molecule has 2 aliphatic carbocycles. The van der Waals surface area contributed by atoms with Crippen LogP contribution in [0.3, 0.4) is 0 Å². The average molecular weight is 285 g/mol. The van der Waals surface area contributed by atoms with E-state index in [4.69, 9.17) is 4.74 Å². The Morgan fingerprint density at radius 2 is 1.80 bits per heavy atom. The summed E-state index contributed by atoms with van der Waals surface area (Å²) in [7, 11) is 0. The Morgan fingerprint density at radius 1 is 1.10 bits per heavy atom. The summed E-state index contributed by atoms with van der Waals surface area (Å²) < 4.78 is 5.78. The van der Waals surface area contributed by atoms with E-state index >= 15 is 0 Å². The highest BCUT2D eigenvalue weighted by Gasteiger charge is 2.32. The van der Waals surface area contributed by atoms with Crippen molar-refractivity contribution in [3.8, 4) is 0 Å². The molecular weight excluding hydrogens is 254 g/mol. The van der Waals surface area contributed by atoms with Crippen LogP contribution >= 0.6 is 0 Å². The Kier molecular flexibility index (Phi) is 6.75.